The Morgan fingerprint density at radius 2 is 1.73 bits per heavy atom. The van der Waals surface area contributed by atoms with Gasteiger partial charge in [-0.1, -0.05) is 31.5 Å². The maximum absolute atomic E-state index is 13.6. The third-order valence-electron chi connectivity index (χ3n) is 5.89. The molecule has 1 saturated heterocycles. The first-order valence-electron chi connectivity index (χ1n) is 11.6. The van der Waals surface area contributed by atoms with Gasteiger partial charge in [-0.15, -0.1) is 0 Å². The zero-order valence-corrected chi connectivity index (χ0v) is 21.5. The van der Waals surface area contributed by atoms with Gasteiger partial charge in [-0.3, -0.25) is 9.48 Å². The highest BCUT2D eigenvalue weighted by molar-refractivity contribution is 7.89. The van der Waals surface area contributed by atoms with Crippen LogP contribution in [0.15, 0.2) is 29.4 Å². The largest absolute Gasteiger partial charge is 0.369 e. The minimum atomic E-state index is -3.91. The number of halogens is 1. The van der Waals surface area contributed by atoms with Crippen LogP contribution in [0.1, 0.15) is 49.5 Å². The summed E-state index contributed by atoms with van der Waals surface area (Å²) in [7, 11) is -3.91. The number of carbonyl (C=O) groups excluding carboxylic acids is 1. The van der Waals surface area contributed by atoms with Crippen LogP contribution < -0.4 is 4.90 Å². The summed E-state index contributed by atoms with van der Waals surface area (Å²) in [6, 6.07) is 5.73. The van der Waals surface area contributed by atoms with Crippen LogP contribution in [-0.2, 0) is 16.6 Å². The fourth-order valence-corrected chi connectivity index (χ4v) is 5.82. The van der Waals surface area contributed by atoms with Crippen molar-refractivity contribution in [2.45, 2.75) is 52.1 Å². The molecule has 10 heteroatoms. The van der Waals surface area contributed by atoms with Crippen molar-refractivity contribution in [3.8, 4) is 0 Å². The molecule has 1 amide bonds. The Hall–Kier alpha value is -2.10. The van der Waals surface area contributed by atoms with Crippen molar-refractivity contribution in [1.82, 2.24) is 19.0 Å². The summed E-state index contributed by atoms with van der Waals surface area (Å²) in [6.45, 7) is 11.3. The van der Waals surface area contributed by atoms with Gasteiger partial charge in [-0.25, -0.2) is 8.42 Å². The number of benzene rings is 1. The number of rotatable bonds is 9. The van der Waals surface area contributed by atoms with Gasteiger partial charge in [-0.05, 0) is 44.4 Å². The van der Waals surface area contributed by atoms with Crippen LogP contribution >= 0.6 is 11.6 Å². The number of sulfonamides is 1. The molecule has 0 aliphatic carbocycles. The minimum Gasteiger partial charge on any atom is -0.369 e. The third-order valence-corrected chi connectivity index (χ3v) is 7.96. The molecule has 0 bridgehead atoms. The van der Waals surface area contributed by atoms with Crippen LogP contribution in [0.4, 0.5) is 5.69 Å². The van der Waals surface area contributed by atoms with Crippen molar-refractivity contribution in [2.24, 2.45) is 0 Å². The van der Waals surface area contributed by atoms with Crippen LogP contribution in [-0.4, -0.2) is 72.6 Å². The molecule has 1 aliphatic rings. The quantitative estimate of drug-likeness (QED) is 0.530. The lowest BCUT2D eigenvalue weighted by atomic mass is 10.1. The van der Waals surface area contributed by atoms with Gasteiger partial charge >= 0.3 is 0 Å². The molecule has 0 radical (unpaired) electrons. The number of piperazine rings is 1. The van der Waals surface area contributed by atoms with Crippen molar-refractivity contribution >= 4 is 33.2 Å². The van der Waals surface area contributed by atoms with Gasteiger partial charge in [0.2, 0.25) is 5.03 Å². The maximum atomic E-state index is 13.6. The molecule has 2 aromatic rings. The Morgan fingerprint density at radius 1 is 1.09 bits per heavy atom. The van der Waals surface area contributed by atoms with Gasteiger partial charge in [0.25, 0.3) is 15.9 Å². The molecule has 182 valence electrons. The van der Waals surface area contributed by atoms with Crippen LogP contribution in [0.2, 0.25) is 5.02 Å². The van der Waals surface area contributed by atoms with E-state index in [1.54, 1.807) is 11.1 Å². The monoisotopic (exact) mass is 495 g/mol. The fraction of sp³-hybridized carbons (Fsp3) is 0.565. The molecule has 2 heterocycles. The van der Waals surface area contributed by atoms with Gasteiger partial charge in [-0.2, -0.15) is 9.40 Å². The van der Waals surface area contributed by atoms with E-state index in [1.165, 1.54) is 8.99 Å². The first-order chi connectivity index (χ1) is 15.7. The standard InChI is InChI=1S/C23H34ClN5O3S/c1-5-10-27(11-6-2)23(30)20-17-28(7-3)25-22(20)33(31,32)29-14-12-26(13-15-29)21-16-19(24)9-8-18(21)4/h8-9,16-17H,5-7,10-15H2,1-4H3. The summed E-state index contributed by atoms with van der Waals surface area (Å²) in [5, 5.41) is 4.83. The molecule has 0 N–H and O–H groups in total. The van der Waals surface area contributed by atoms with E-state index in [-0.39, 0.29) is 16.5 Å². The smallest absolute Gasteiger partial charge is 0.263 e. The zero-order valence-electron chi connectivity index (χ0n) is 19.9. The molecule has 1 aromatic heterocycles. The first-order valence-corrected chi connectivity index (χ1v) is 13.4. The molecule has 3 rings (SSSR count). The Balaban J connectivity index is 1.85. The minimum absolute atomic E-state index is 0.140. The fourth-order valence-electron chi connectivity index (χ4n) is 4.14. The number of carbonyl (C=O) groups is 1. The Kier molecular flexibility index (Phi) is 8.42. The lowest BCUT2D eigenvalue weighted by Gasteiger charge is -2.36. The van der Waals surface area contributed by atoms with Crippen molar-refractivity contribution in [2.75, 3.05) is 44.2 Å². The number of amides is 1. The molecule has 0 unspecified atom stereocenters. The number of aryl methyl sites for hydroxylation is 2. The lowest BCUT2D eigenvalue weighted by Crippen LogP contribution is -2.49. The highest BCUT2D eigenvalue weighted by Gasteiger charge is 2.35. The van der Waals surface area contributed by atoms with Gasteiger partial charge < -0.3 is 9.80 Å². The summed E-state index contributed by atoms with van der Waals surface area (Å²) in [6.07, 6.45) is 3.18. The van der Waals surface area contributed by atoms with Crippen LogP contribution in [0.25, 0.3) is 0 Å². The summed E-state index contributed by atoms with van der Waals surface area (Å²) in [4.78, 5) is 17.1. The van der Waals surface area contributed by atoms with Gasteiger partial charge in [0.15, 0.2) is 0 Å². The van der Waals surface area contributed by atoms with E-state index in [0.717, 1.165) is 24.1 Å². The number of anilines is 1. The SMILES string of the molecule is CCCN(CCC)C(=O)c1cn(CC)nc1S(=O)(=O)N1CCN(c2cc(Cl)ccc2C)CC1. The molecule has 33 heavy (non-hydrogen) atoms. The molecular formula is C23H34ClN5O3S. The average molecular weight is 496 g/mol. The predicted octanol–water partition coefficient (Wildman–Crippen LogP) is 3.64. The van der Waals surface area contributed by atoms with E-state index in [1.807, 2.05) is 45.9 Å². The maximum Gasteiger partial charge on any atom is 0.263 e. The Labute approximate surface area is 202 Å². The van der Waals surface area contributed by atoms with Crippen molar-refractivity contribution in [1.29, 1.82) is 0 Å². The molecule has 0 spiro atoms. The van der Waals surface area contributed by atoms with Gasteiger partial charge in [0.1, 0.15) is 0 Å². The van der Waals surface area contributed by atoms with E-state index < -0.39 is 10.0 Å². The van der Waals surface area contributed by atoms with Gasteiger partial charge in [0.05, 0.1) is 5.56 Å². The molecule has 8 nitrogen and oxygen atoms in total. The summed E-state index contributed by atoms with van der Waals surface area (Å²) in [5.74, 6) is -0.273. The van der Waals surface area contributed by atoms with E-state index in [4.69, 9.17) is 11.6 Å². The summed E-state index contributed by atoms with van der Waals surface area (Å²) in [5.41, 5.74) is 2.27. The van der Waals surface area contributed by atoms with Crippen molar-refractivity contribution in [3.63, 3.8) is 0 Å². The second kappa shape index (κ2) is 10.9. The third kappa shape index (κ3) is 5.53. The highest BCUT2D eigenvalue weighted by Crippen LogP contribution is 2.27. The normalized spacial score (nSPS) is 15.1. The Morgan fingerprint density at radius 3 is 2.30 bits per heavy atom. The molecule has 1 aliphatic heterocycles. The average Bonchev–Trinajstić information content (AvgIpc) is 3.26. The topological polar surface area (TPSA) is 78.8 Å². The first kappa shape index (κ1) is 25.5. The molecular weight excluding hydrogens is 462 g/mol. The summed E-state index contributed by atoms with van der Waals surface area (Å²) >= 11 is 6.17. The number of hydrogen-bond donors (Lipinski definition) is 0. The van der Waals surface area contributed by atoms with Gasteiger partial charge in [0, 0.05) is 62.7 Å². The van der Waals surface area contributed by atoms with E-state index in [0.29, 0.717) is 50.8 Å². The lowest BCUT2D eigenvalue weighted by molar-refractivity contribution is 0.0751. The number of nitrogens with zero attached hydrogens (tertiary/aromatic N) is 5. The second-order valence-corrected chi connectivity index (χ2v) is 10.6. The predicted molar refractivity (Wildman–Crippen MR) is 132 cm³/mol. The molecule has 1 aromatic carbocycles. The van der Waals surface area contributed by atoms with Crippen molar-refractivity contribution < 1.29 is 13.2 Å². The number of aromatic nitrogens is 2. The molecule has 0 atom stereocenters. The van der Waals surface area contributed by atoms with Crippen LogP contribution in [0.3, 0.4) is 0 Å². The summed E-state index contributed by atoms with van der Waals surface area (Å²) < 4.78 is 30.1. The zero-order chi connectivity index (χ0) is 24.2. The molecule has 1 fully saturated rings. The molecule has 0 saturated carbocycles. The van der Waals surface area contributed by atoms with Crippen LogP contribution in [0.5, 0.6) is 0 Å². The van der Waals surface area contributed by atoms with E-state index in [9.17, 15) is 13.2 Å². The van der Waals surface area contributed by atoms with Crippen LogP contribution in [0, 0.1) is 6.92 Å². The van der Waals surface area contributed by atoms with E-state index in [2.05, 4.69) is 10.00 Å². The van der Waals surface area contributed by atoms with E-state index >= 15 is 0 Å². The van der Waals surface area contributed by atoms with Crippen molar-refractivity contribution in [3.05, 3.63) is 40.5 Å². The Bertz CT molecular complexity index is 1070. The highest BCUT2D eigenvalue weighted by atomic mass is 35.5. The second-order valence-electron chi connectivity index (χ2n) is 8.32. The number of hydrogen-bond acceptors (Lipinski definition) is 5.